The van der Waals surface area contributed by atoms with Gasteiger partial charge in [0.2, 0.25) is 17.7 Å². The number of Topliss-reactive ketones (excluding diaryl/α,β-unsaturated/α-hetero) is 1. The second-order valence-corrected chi connectivity index (χ2v) is 9.08. The Morgan fingerprint density at radius 1 is 1.00 bits per heavy atom. The number of carbonyl (C=O) groups excluding carboxylic acids is 4. The monoisotopic (exact) mass is 441 g/mol. The first-order valence-corrected chi connectivity index (χ1v) is 11.4. The highest BCUT2D eigenvalue weighted by Gasteiger charge is 2.44. The summed E-state index contributed by atoms with van der Waals surface area (Å²) in [7, 11) is 0. The van der Waals surface area contributed by atoms with E-state index in [1.807, 2.05) is 12.1 Å². The standard InChI is InChI=1S/C24H31N3O5/c1-17(23(31)26-12-5-11-25(14-15-26)18(2)28)27-13-10-24(9-8-22(27)30)16-20(29)19-6-3-4-7-21(19)32-24/h3-4,6-7,17H,5,8-16H2,1-2H3/t17-,24-/m0/s1. The van der Waals surface area contributed by atoms with Crippen LogP contribution in [-0.2, 0) is 14.4 Å². The van der Waals surface area contributed by atoms with Gasteiger partial charge in [-0.1, -0.05) is 12.1 Å². The van der Waals surface area contributed by atoms with Gasteiger partial charge in [-0.2, -0.15) is 0 Å². The van der Waals surface area contributed by atoms with Gasteiger partial charge in [0.25, 0.3) is 0 Å². The molecule has 0 radical (unpaired) electrons. The lowest BCUT2D eigenvalue weighted by atomic mass is 9.84. The topological polar surface area (TPSA) is 87.2 Å². The molecule has 8 heteroatoms. The lowest BCUT2D eigenvalue weighted by molar-refractivity contribution is -0.144. The minimum absolute atomic E-state index is 0.0175. The normalized spacial score (nSPS) is 25.0. The minimum atomic E-state index is -0.705. The van der Waals surface area contributed by atoms with Gasteiger partial charge in [0.15, 0.2) is 5.78 Å². The van der Waals surface area contributed by atoms with Gasteiger partial charge in [0.05, 0.1) is 12.0 Å². The van der Waals surface area contributed by atoms with Crippen LogP contribution in [0.3, 0.4) is 0 Å². The fraction of sp³-hybridized carbons (Fsp3) is 0.583. The Morgan fingerprint density at radius 2 is 1.72 bits per heavy atom. The van der Waals surface area contributed by atoms with E-state index in [0.717, 1.165) is 6.42 Å². The van der Waals surface area contributed by atoms with Crippen molar-refractivity contribution >= 4 is 23.5 Å². The van der Waals surface area contributed by atoms with Crippen molar-refractivity contribution in [1.82, 2.24) is 14.7 Å². The number of para-hydroxylation sites is 1. The van der Waals surface area contributed by atoms with E-state index >= 15 is 0 Å². The van der Waals surface area contributed by atoms with Gasteiger partial charge in [0, 0.05) is 52.5 Å². The number of hydrogen-bond acceptors (Lipinski definition) is 5. The maximum atomic E-state index is 13.2. The number of ether oxygens (including phenoxy) is 1. The Hall–Kier alpha value is -2.90. The molecule has 3 heterocycles. The molecule has 2 atom stereocenters. The summed E-state index contributed by atoms with van der Waals surface area (Å²) in [6.07, 6.45) is 2.19. The number of ketones is 1. The maximum absolute atomic E-state index is 13.2. The van der Waals surface area contributed by atoms with Crippen molar-refractivity contribution in [3.8, 4) is 5.75 Å². The van der Waals surface area contributed by atoms with Crippen molar-refractivity contribution in [2.75, 3.05) is 32.7 Å². The predicted octanol–water partition coefficient (Wildman–Crippen LogP) is 1.87. The summed E-state index contributed by atoms with van der Waals surface area (Å²) in [5, 5.41) is 0. The van der Waals surface area contributed by atoms with Crippen molar-refractivity contribution in [2.45, 2.75) is 57.6 Å². The number of fused-ring (bicyclic) bond motifs is 1. The van der Waals surface area contributed by atoms with Crippen LogP contribution in [0.4, 0.5) is 0 Å². The molecule has 0 unspecified atom stereocenters. The van der Waals surface area contributed by atoms with E-state index in [9.17, 15) is 19.2 Å². The highest BCUT2D eigenvalue weighted by molar-refractivity contribution is 6.00. The van der Waals surface area contributed by atoms with Crippen molar-refractivity contribution < 1.29 is 23.9 Å². The molecule has 2 fully saturated rings. The van der Waals surface area contributed by atoms with Crippen molar-refractivity contribution in [3.05, 3.63) is 29.8 Å². The summed E-state index contributed by atoms with van der Waals surface area (Å²) >= 11 is 0. The SMILES string of the molecule is CC(=O)N1CCCN(C(=O)[C@H](C)N2CC[C@@]3(CCC2=O)CC(=O)c2ccccc2O3)CC1. The third-order valence-electron chi connectivity index (χ3n) is 7.00. The molecule has 3 aliphatic rings. The zero-order chi connectivity index (χ0) is 22.9. The van der Waals surface area contributed by atoms with Crippen LogP contribution in [0.2, 0.25) is 0 Å². The number of carbonyl (C=O) groups is 4. The largest absolute Gasteiger partial charge is 0.486 e. The van der Waals surface area contributed by atoms with Gasteiger partial charge in [0.1, 0.15) is 17.4 Å². The van der Waals surface area contributed by atoms with Gasteiger partial charge < -0.3 is 19.4 Å². The molecule has 172 valence electrons. The highest BCUT2D eigenvalue weighted by Crippen LogP contribution is 2.39. The molecule has 0 aliphatic carbocycles. The summed E-state index contributed by atoms with van der Waals surface area (Å²) in [4.78, 5) is 55.7. The zero-order valence-electron chi connectivity index (χ0n) is 18.8. The van der Waals surface area contributed by atoms with Crippen molar-refractivity contribution in [2.24, 2.45) is 0 Å². The lowest BCUT2D eigenvalue weighted by Crippen LogP contribution is -2.50. The smallest absolute Gasteiger partial charge is 0.245 e. The molecular formula is C24H31N3O5. The Bertz CT molecular complexity index is 932. The van der Waals surface area contributed by atoms with E-state index in [0.29, 0.717) is 56.9 Å². The van der Waals surface area contributed by atoms with Gasteiger partial charge in [-0.05, 0) is 31.9 Å². The second kappa shape index (κ2) is 8.92. The minimum Gasteiger partial charge on any atom is -0.486 e. The summed E-state index contributed by atoms with van der Waals surface area (Å²) in [5.41, 5.74) is -0.113. The average molecular weight is 442 g/mol. The Morgan fingerprint density at radius 3 is 2.50 bits per heavy atom. The molecule has 0 N–H and O–H groups in total. The average Bonchev–Trinajstić information content (AvgIpc) is 3.11. The first-order chi connectivity index (χ1) is 15.3. The molecule has 4 rings (SSSR count). The molecule has 3 amide bonds. The van der Waals surface area contributed by atoms with Gasteiger partial charge in [-0.25, -0.2) is 0 Å². The van der Waals surface area contributed by atoms with E-state index in [-0.39, 0.29) is 36.3 Å². The molecular weight excluding hydrogens is 410 g/mol. The number of benzene rings is 1. The molecule has 8 nitrogen and oxygen atoms in total. The molecule has 1 aromatic carbocycles. The first kappa shape index (κ1) is 22.3. The molecule has 0 saturated carbocycles. The van der Waals surface area contributed by atoms with E-state index in [2.05, 4.69) is 0 Å². The van der Waals surface area contributed by atoms with Crippen LogP contribution in [0.15, 0.2) is 24.3 Å². The maximum Gasteiger partial charge on any atom is 0.245 e. The Kier molecular flexibility index (Phi) is 6.22. The lowest BCUT2D eigenvalue weighted by Gasteiger charge is -2.37. The summed E-state index contributed by atoms with van der Waals surface area (Å²) in [5.74, 6) is 0.456. The number of rotatable bonds is 2. The van der Waals surface area contributed by atoms with E-state index in [1.165, 1.54) is 0 Å². The first-order valence-electron chi connectivity index (χ1n) is 11.4. The van der Waals surface area contributed by atoms with Crippen LogP contribution in [0.5, 0.6) is 5.75 Å². The van der Waals surface area contributed by atoms with Crippen molar-refractivity contribution in [1.29, 1.82) is 0 Å². The van der Waals surface area contributed by atoms with E-state index < -0.39 is 11.6 Å². The molecule has 2 saturated heterocycles. The van der Waals surface area contributed by atoms with Crippen LogP contribution in [0, 0.1) is 0 Å². The molecule has 0 bridgehead atoms. The molecule has 3 aliphatic heterocycles. The molecule has 1 spiro atoms. The molecule has 32 heavy (non-hydrogen) atoms. The van der Waals surface area contributed by atoms with Crippen LogP contribution >= 0.6 is 0 Å². The fourth-order valence-electron chi connectivity index (χ4n) is 5.03. The number of amides is 3. The third kappa shape index (κ3) is 4.36. The summed E-state index contributed by atoms with van der Waals surface area (Å²) in [6.45, 7) is 5.90. The Balaban J connectivity index is 1.44. The van der Waals surface area contributed by atoms with Gasteiger partial charge >= 0.3 is 0 Å². The second-order valence-electron chi connectivity index (χ2n) is 9.08. The fourth-order valence-corrected chi connectivity index (χ4v) is 5.03. The molecule has 1 aromatic rings. The van der Waals surface area contributed by atoms with Crippen LogP contribution < -0.4 is 4.74 Å². The third-order valence-corrected chi connectivity index (χ3v) is 7.00. The predicted molar refractivity (Wildman–Crippen MR) is 117 cm³/mol. The van der Waals surface area contributed by atoms with Crippen LogP contribution in [-0.4, -0.2) is 82.6 Å². The number of nitrogens with zero attached hydrogens (tertiary/aromatic N) is 3. The summed E-state index contributed by atoms with van der Waals surface area (Å²) < 4.78 is 6.28. The van der Waals surface area contributed by atoms with E-state index in [1.54, 1.807) is 40.7 Å². The highest BCUT2D eigenvalue weighted by atomic mass is 16.5. The van der Waals surface area contributed by atoms with E-state index in [4.69, 9.17) is 4.74 Å². The van der Waals surface area contributed by atoms with Crippen LogP contribution in [0.1, 0.15) is 56.3 Å². The summed E-state index contributed by atoms with van der Waals surface area (Å²) in [6, 6.07) is 6.65. The van der Waals surface area contributed by atoms with Crippen molar-refractivity contribution in [3.63, 3.8) is 0 Å². The number of hydrogen-bond donors (Lipinski definition) is 0. The number of likely N-dealkylation sites (tertiary alicyclic amines) is 1. The van der Waals surface area contributed by atoms with Gasteiger partial charge in [-0.3, -0.25) is 19.2 Å². The van der Waals surface area contributed by atoms with Crippen LogP contribution in [0.25, 0.3) is 0 Å². The van der Waals surface area contributed by atoms with Gasteiger partial charge in [-0.15, -0.1) is 0 Å². The Labute approximate surface area is 188 Å². The quantitative estimate of drug-likeness (QED) is 0.699. The molecule has 0 aromatic heterocycles. The zero-order valence-corrected chi connectivity index (χ0v) is 18.8.